The lowest BCUT2D eigenvalue weighted by Crippen LogP contribution is -2.24. The van der Waals surface area contributed by atoms with Crippen LogP contribution in [0.15, 0.2) is 12.3 Å². The van der Waals surface area contributed by atoms with Crippen molar-refractivity contribution in [3.8, 4) is 0 Å². The molecule has 4 heteroatoms. The summed E-state index contributed by atoms with van der Waals surface area (Å²) < 4.78 is 1.88. The van der Waals surface area contributed by atoms with E-state index in [1.165, 1.54) is 0 Å². The van der Waals surface area contributed by atoms with Crippen molar-refractivity contribution in [1.82, 2.24) is 9.78 Å². The first-order chi connectivity index (χ1) is 6.82. The van der Waals surface area contributed by atoms with Gasteiger partial charge in [-0.25, -0.2) is 4.79 Å². The van der Waals surface area contributed by atoms with Crippen LogP contribution in [0.5, 0.6) is 0 Å². The van der Waals surface area contributed by atoms with Crippen LogP contribution in [0.1, 0.15) is 32.0 Å². The van der Waals surface area contributed by atoms with Crippen LogP contribution >= 0.6 is 0 Å². The Morgan fingerprint density at radius 2 is 2.13 bits per heavy atom. The third kappa shape index (κ3) is 2.68. The number of carboxylic acid groups (broad SMARTS) is 1. The molecule has 0 spiro atoms. The maximum Gasteiger partial charge on any atom is 0.328 e. The van der Waals surface area contributed by atoms with Crippen molar-refractivity contribution < 1.29 is 9.90 Å². The van der Waals surface area contributed by atoms with Gasteiger partial charge in [0.05, 0.1) is 11.7 Å². The standard InChI is InChI=1S/C11H16N2O2/c1-8-9(5-6-10(14)15)7-12-13(8)11(2,3)4/h5-7H,1-4H3,(H,14,15). The number of hydrogen-bond acceptors (Lipinski definition) is 2. The van der Waals surface area contributed by atoms with Gasteiger partial charge in [-0.3, -0.25) is 4.68 Å². The van der Waals surface area contributed by atoms with E-state index in [2.05, 4.69) is 25.9 Å². The van der Waals surface area contributed by atoms with Gasteiger partial charge >= 0.3 is 5.97 Å². The third-order valence-electron chi connectivity index (χ3n) is 2.09. The molecular formula is C11H16N2O2. The van der Waals surface area contributed by atoms with Gasteiger partial charge in [-0.15, -0.1) is 0 Å². The number of nitrogens with zero attached hydrogens (tertiary/aromatic N) is 2. The zero-order chi connectivity index (χ0) is 11.6. The second-order valence-corrected chi connectivity index (χ2v) is 4.44. The number of aliphatic carboxylic acids is 1. The van der Waals surface area contributed by atoms with Gasteiger partial charge in [-0.2, -0.15) is 5.10 Å². The Hall–Kier alpha value is -1.58. The van der Waals surface area contributed by atoms with Gasteiger partial charge in [-0.05, 0) is 33.8 Å². The Bertz CT molecular complexity index is 397. The average molecular weight is 208 g/mol. The Balaban J connectivity index is 3.05. The van der Waals surface area contributed by atoms with Crippen LogP contribution in [0, 0.1) is 6.92 Å². The first-order valence-electron chi connectivity index (χ1n) is 4.78. The Labute approximate surface area is 89.2 Å². The minimum absolute atomic E-state index is 0.0839. The van der Waals surface area contributed by atoms with Crippen molar-refractivity contribution in [2.45, 2.75) is 33.2 Å². The highest BCUT2D eigenvalue weighted by Crippen LogP contribution is 2.18. The van der Waals surface area contributed by atoms with Crippen molar-refractivity contribution in [2.75, 3.05) is 0 Å². The molecule has 4 nitrogen and oxygen atoms in total. The SMILES string of the molecule is Cc1c(C=CC(=O)O)cnn1C(C)(C)C. The molecule has 1 aromatic heterocycles. The first-order valence-corrected chi connectivity index (χ1v) is 4.78. The fourth-order valence-electron chi connectivity index (χ4n) is 1.42. The van der Waals surface area contributed by atoms with Crippen molar-refractivity contribution in [2.24, 2.45) is 0 Å². The molecule has 0 unspecified atom stereocenters. The molecule has 0 bridgehead atoms. The lowest BCUT2D eigenvalue weighted by Gasteiger charge is -2.21. The number of aromatic nitrogens is 2. The smallest absolute Gasteiger partial charge is 0.328 e. The van der Waals surface area contributed by atoms with Gasteiger partial charge < -0.3 is 5.11 Å². The fourth-order valence-corrected chi connectivity index (χ4v) is 1.42. The van der Waals surface area contributed by atoms with Crippen LogP contribution in [-0.2, 0) is 10.3 Å². The monoisotopic (exact) mass is 208 g/mol. The molecule has 0 saturated heterocycles. The van der Waals surface area contributed by atoms with Gasteiger partial charge in [-0.1, -0.05) is 0 Å². The lowest BCUT2D eigenvalue weighted by atomic mass is 10.1. The van der Waals surface area contributed by atoms with Crippen LogP contribution in [-0.4, -0.2) is 20.9 Å². The number of carboxylic acids is 1. The Morgan fingerprint density at radius 1 is 1.53 bits per heavy atom. The molecule has 1 aromatic rings. The van der Waals surface area contributed by atoms with E-state index >= 15 is 0 Å². The van der Waals surface area contributed by atoms with Crippen molar-refractivity contribution >= 4 is 12.0 Å². The summed E-state index contributed by atoms with van der Waals surface area (Å²) in [5, 5.41) is 12.8. The Morgan fingerprint density at radius 3 is 2.53 bits per heavy atom. The Kier molecular flexibility index (Phi) is 2.98. The summed E-state index contributed by atoms with van der Waals surface area (Å²) in [6.07, 6.45) is 4.37. The van der Waals surface area contributed by atoms with Crippen LogP contribution in [0.3, 0.4) is 0 Å². The third-order valence-corrected chi connectivity index (χ3v) is 2.09. The number of rotatable bonds is 2. The van der Waals surface area contributed by atoms with Gasteiger partial charge in [0, 0.05) is 17.3 Å². The highest BCUT2D eigenvalue weighted by molar-refractivity contribution is 5.85. The molecule has 0 saturated carbocycles. The topological polar surface area (TPSA) is 55.1 Å². The van der Waals surface area contributed by atoms with Gasteiger partial charge in [0.15, 0.2) is 0 Å². The maximum atomic E-state index is 10.4. The number of carbonyl (C=O) groups is 1. The summed E-state index contributed by atoms with van der Waals surface area (Å²) in [6.45, 7) is 8.09. The fraction of sp³-hybridized carbons (Fsp3) is 0.455. The largest absolute Gasteiger partial charge is 0.478 e. The lowest BCUT2D eigenvalue weighted by molar-refractivity contribution is -0.131. The highest BCUT2D eigenvalue weighted by Gasteiger charge is 2.17. The van der Waals surface area contributed by atoms with E-state index < -0.39 is 5.97 Å². The zero-order valence-electron chi connectivity index (χ0n) is 9.48. The molecule has 1 heterocycles. The summed E-state index contributed by atoms with van der Waals surface area (Å²) >= 11 is 0. The van der Waals surface area contributed by atoms with Gasteiger partial charge in [0.2, 0.25) is 0 Å². The average Bonchev–Trinajstić information content (AvgIpc) is 2.42. The van der Waals surface area contributed by atoms with Crippen LogP contribution < -0.4 is 0 Å². The van der Waals surface area contributed by atoms with E-state index in [1.54, 1.807) is 12.3 Å². The number of hydrogen-bond donors (Lipinski definition) is 1. The predicted molar refractivity (Wildman–Crippen MR) is 58.6 cm³/mol. The molecule has 0 atom stereocenters. The summed E-state index contributed by atoms with van der Waals surface area (Å²) in [6, 6.07) is 0. The van der Waals surface area contributed by atoms with Crippen LogP contribution in [0.25, 0.3) is 6.08 Å². The maximum absolute atomic E-state index is 10.4. The zero-order valence-corrected chi connectivity index (χ0v) is 9.48. The van der Waals surface area contributed by atoms with Crippen LogP contribution in [0.2, 0.25) is 0 Å². The second kappa shape index (κ2) is 3.88. The molecule has 0 aliphatic carbocycles. The van der Waals surface area contributed by atoms with Crippen LogP contribution in [0.4, 0.5) is 0 Å². The molecular weight excluding hydrogens is 192 g/mol. The quantitative estimate of drug-likeness (QED) is 0.757. The van der Waals surface area contributed by atoms with Gasteiger partial charge in [0.25, 0.3) is 0 Å². The van der Waals surface area contributed by atoms with Gasteiger partial charge in [0.1, 0.15) is 0 Å². The van der Waals surface area contributed by atoms with E-state index in [9.17, 15) is 4.79 Å². The van der Waals surface area contributed by atoms with E-state index in [1.807, 2.05) is 11.6 Å². The summed E-state index contributed by atoms with van der Waals surface area (Å²) in [5.74, 6) is -0.946. The van der Waals surface area contributed by atoms with E-state index in [-0.39, 0.29) is 5.54 Å². The van der Waals surface area contributed by atoms with E-state index in [4.69, 9.17) is 5.11 Å². The molecule has 0 aliphatic heterocycles. The normalized spacial score (nSPS) is 12.3. The highest BCUT2D eigenvalue weighted by atomic mass is 16.4. The molecule has 0 radical (unpaired) electrons. The summed E-state index contributed by atoms with van der Waals surface area (Å²) in [4.78, 5) is 10.4. The van der Waals surface area contributed by atoms with E-state index in [0.29, 0.717) is 0 Å². The van der Waals surface area contributed by atoms with Crippen molar-refractivity contribution in [1.29, 1.82) is 0 Å². The molecule has 82 valence electrons. The van der Waals surface area contributed by atoms with Crippen molar-refractivity contribution in [3.63, 3.8) is 0 Å². The molecule has 0 fully saturated rings. The molecule has 1 rings (SSSR count). The predicted octanol–water partition coefficient (Wildman–Crippen LogP) is 2.04. The molecule has 0 aliphatic rings. The summed E-state index contributed by atoms with van der Waals surface area (Å²) in [7, 11) is 0. The first kappa shape index (κ1) is 11.5. The minimum Gasteiger partial charge on any atom is -0.478 e. The minimum atomic E-state index is -0.946. The molecule has 0 amide bonds. The molecule has 15 heavy (non-hydrogen) atoms. The van der Waals surface area contributed by atoms with E-state index in [0.717, 1.165) is 17.3 Å². The second-order valence-electron chi connectivity index (χ2n) is 4.44. The molecule has 0 aromatic carbocycles. The van der Waals surface area contributed by atoms with Crippen molar-refractivity contribution in [3.05, 3.63) is 23.5 Å². The summed E-state index contributed by atoms with van der Waals surface area (Å²) in [5.41, 5.74) is 1.73. The molecule has 1 N–H and O–H groups in total.